The number of nitrogens with one attached hydrogen (secondary N) is 1. The molecule has 0 bridgehead atoms. The molecule has 0 radical (unpaired) electrons. The zero-order valence-corrected chi connectivity index (χ0v) is 17.6. The largest absolute Gasteiger partial charge is 0.380 e. The smallest absolute Gasteiger partial charge is 0.193 e. The van der Waals surface area contributed by atoms with Crippen LogP contribution < -0.4 is 5.32 Å². The molecule has 3 rings (SSSR count). The number of rotatable bonds is 6. The maximum absolute atomic E-state index is 5.90. The molecule has 2 saturated heterocycles. The van der Waals surface area contributed by atoms with Crippen molar-refractivity contribution in [2.45, 2.75) is 20.0 Å². The standard InChI is InChI=1S/C19H29N3O2.HI/c1-19(14-24-15-19)13-21-18(20-2)22-9-8-17(10-22)12-23-11-16-6-4-3-5-7-16;/h3-7,17H,8-15H2,1-2H3,(H,20,21);1H. The van der Waals surface area contributed by atoms with Crippen molar-refractivity contribution in [2.75, 3.05) is 46.5 Å². The summed E-state index contributed by atoms with van der Waals surface area (Å²) in [5, 5.41) is 3.51. The quantitative estimate of drug-likeness (QED) is 0.404. The highest BCUT2D eigenvalue weighted by Crippen LogP contribution is 2.25. The van der Waals surface area contributed by atoms with E-state index >= 15 is 0 Å². The number of guanidine groups is 1. The summed E-state index contributed by atoms with van der Waals surface area (Å²) in [7, 11) is 1.86. The van der Waals surface area contributed by atoms with E-state index in [0.717, 1.165) is 51.8 Å². The predicted molar refractivity (Wildman–Crippen MR) is 111 cm³/mol. The number of nitrogens with zero attached hydrogens (tertiary/aromatic N) is 2. The van der Waals surface area contributed by atoms with Crippen LogP contribution in [0.4, 0.5) is 0 Å². The van der Waals surface area contributed by atoms with E-state index in [0.29, 0.717) is 12.5 Å². The molecule has 0 aliphatic carbocycles. The van der Waals surface area contributed by atoms with Gasteiger partial charge in [0.1, 0.15) is 0 Å². The van der Waals surface area contributed by atoms with Crippen LogP contribution in [0.5, 0.6) is 0 Å². The van der Waals surface area contributed by atoms with Crippen LogP contribution in [-0.2, 0) is 16.1 Å². The van der Waals surface area contributed by atoms with Crippen molar-refractivity contribution >= 4 is 29.9 Å². The van der Waals surface area contributed by atoms with Crippen LogP contribution >= 0.6 is 24.0 Å². The van der Waals surface area contributed by atoms with Crippen molar-refractivity contribution in [3.63, 3.8) is 0 Å². The van der Waals surface area contributed by atoms with Gasteiger partial charge in [-0.05, 0) is 12.0 Å². The zero-order chi connectivity index (χ0) is 16.8. The summed E-state index contributed by atoms with van der Waals surface area (Å²) < 4.78 is 11.2. The maximum Gasteiger partial charge on any atom is 0.193 e. The minimum Gasteiger partial charge on any atom is -0.380 e. The average molecular weight is 459 g/mol. The molecule has 0 spiro atoms. The number of hydrogen-bond donors (Lipinski definition) is 1. The summed E-state index contributed by atoms with van der Waals surface area (Å²) in [4.78, 5) is 6.79. The summed E-state index contributed by atoms with van der Waals surface area (Å²) in [6.07, 6.45) is 1.16. The molecule has 2 heterocycles. The lowest BCUT2D eigenvalue weighted by Gasteiger charge is -2.39. The molecule has 1 atom stereocenters. The molecule has 2 aliphatic heterocycles. The van der Waals surface area contributed by atoms with Gasteiger partial charge in [-0.2, -0.15) is 0 Å². The number of benzene rings is 1. The molecule has 5 nitrogen and oxygen atoms in total. The van der Waals surface area contributed by atoms with Crippen LogP contribution in [0.2, 0.25) is 0 Å². The lowest BCUT2D eigenvalue weighted by atomic mass is 9.89. The van der Waals surface area contributed by atoms with Crippen molar-refractivity contribution in [3.8, 4) is 0 Å². The van der Waals surface area contributed by atoms with Gasteiger partial charge in [0.05, 0.1) is 26.4 Å². The summed E-state index contributed by atoms with van der Waals surface area (Å²) >= 11 is 0. The van der Waals surface area contributed by atoms with Gasteiger partial charge in [-0.15, -0.1) is 24.0 Å². The first-order valence-corrected chi connectivity index (χ1v) is 8.83. The highest BCUT2D eigenvalue weighted by Gasteiger charge is 2.34. The summed E-state index contributed by atoms with van der Waals surface area (Å²) in [5.41, 5.74) is 1.49. The lowest BCUT2D eigenvalue weighted by Crippen LogP contribution is -2.51. The highest BCUT2D eigenvalue weighted by molar-refractivity contribution is 14.0. The molecule has 0 amide bonds. The van der Waals surface area contributed by atoms with E-state index in [1.807, 2.05) is 13.1 Å². The SMILES string of the molecule is CN=C(NCC1(C)COC1)N1CCC(COCc2ccccc2)C1.I. The van der Waals surface area contributed by atoms with Gasteiger partial charge in [-0.25, -0.2) is 0 Å². The van der Waals surface area contributed by atoms with Gasteiger partial charge in [0.25, 0.3) is 0 Å². The Balaban J connectivity index is 0.00000225. The Bertz CT molecular complexity index is 549. The van der Waals surface area contributed by atoms with Gasteiger partial charge in [0, 0.05) is 38.0 Å². The van der Waals surface area contributed by atoms with Gasteiger partial charge in [-0.1, -0.05) is 37.3 Å². The third kappa shape index (κ3) is 5.82. The maximum atomic E-state index is 5.90. The summed E-state index contributed by atoms with van der Waals surface area (Å²) in [5.74, 6) is 1.59. The Kier molecular flexibility index (Phi) is 7.96. The van der Waals surface area contributed by atoms with Gasteiger partial charge in [-0.3, -0.25) is 4.99 Å². The molecule has 0 saturated carbocycles. The molecule has 1 aromatic rings. The van der Waals surface area contributed by atoms with Crippen molar-refractivity contribution in [3.05, 3.63) is 35.9 Å². The predicted octanol–water partition coefficient (Wildman–Crippen LogP) is 2.76. The Morgan fingerprint density at radius 2 is 2.12 bits per heavy atom. The normalized spacial score (nSPS) is 22.2. The van der Waals surface area contributed by atoms with Gasteiger partial charge < -0.3 is 19.7 Å². The van der Waals surface area contributed by atoms with Gasteiger partial charge in [0.15, 0.2) is 5.96 Å². The Hall–Kier alpha value is -0.860. The molecule has 1 N–H and O–H groups in total. The van der Waals surface area contributed by atoms with E-state index in [4.69, 9.17) is 9.47 Å². The first kappa shape index (κ1) is 20.5. The molecule has 2 aliphatic rings. The fourth-order valence-corrected chi connectivity index (χ4v) is 3.26. The number of ether oxygens (including phenoxy) is 2. The molecule has 140 valence electrons. The van der Waals surface area contributed by atoms with E-state index in [1.54, 1.807) is 0 Å². The molecular weight excluding hydrogens is 429 g/mol. The second-order valence-electron chi connectivity index (χ2n) is 7.31. The number of aliphatic imine (C=N–C) groups is 1. The van der Waals surface area contributed by atoms with Crippen molar-refractivity contribution in [2.24, 2.45) is 16.3 Å². The van der Waals surface area contributed by atoms with E-state index in [9.17, 15) is 0 Å². The first-order valence-electron chi connectivity index (χ1n) is 8.83. The third-order valence-electron chi connectivity index (χ3n) is 4.84. The molecule has 25 heavy (non-hydrogen) atoms. The monoisotopic (exact) mass is 459 g/mol. The number of likely N-dealkylation sites (tertiary alicyclic amines) is 1. The summed E-state index contributed by atoms with van der Waals surface area (Å²) in [6, 6.07) is 10.4. The highest BCUT2D eigenvalue weighted by atomic mass is 127. The van der Waals surface area contributed by atoms with Crippen molar-refractivity contribution in [1.82, 2.24) is 10.2 Å². The average Bonchev–Trinajstić information content (AvgIpc) is 3.03. The van der Waals surface area contributed by atoms with Gasteiger partial charge >= 0.3 is 0 Å². The molecular formula is C19H30IN3O2. The molecule has 1 unspecified atom stereocenters. The number of halogens is 1. The van der Waals surface area contributed by atoms with Crippen LogP contribution in [0.3, 0.4) is 0 Å². The molecule has 6 heteroatoms. The van der Waals surface area contributed by atoms with Crippen molar-refractivity contribution < 1.29 is 9.47 Å². The van der Waals surface area contributed by atoms with E-state index < -0.39 is 0 Å². The summed E-state index contributed by atoms with van der Waals surface area (Å²) in [6.45, 7) is 8.43. The number of hydrogen-bond acceptors (Lipinski definition) is 3. The molecule has 1 aromatic carbocycles. The van der Waals surface area contributed by atoms with Crippen LogP contribution in [0.15, 0.2) is 35.3 Å². The van der Waals surface area contributed by atoms with E-state index in [1.165, 1.54) is 5.56 Å². The second kappa shape index (κ2) is 9.73. The zero-order valence-electron chi connectivity index (χ0n) is 15.2. The topological polar surface area (TPSA) is 46.1 Å². The fourth-order valence-electron chi connectivity index (χ4n) is 3.26. The van der Waals surface area contributed by atoms with Crippen molar-refractivity contribution in [1.29, 1.82) is 0 Å². The Morgan fingerprint density at radius 1 is 1.36 bits per heavy atom. The van der Waals surface area contributed by atoms with Gasteiger partial charge in [0.2, 0.25) is 0 Å². The minimum absolute atomic E-state index is 0. The Labute approximate surface area is 168 Å². The van der Waals surface area contributed by atoms with Crippen LogP contribution in [0.1, 0.15) is 18.9 Å². The lowest BCUT2D eigenvalue weighted by molar-refractivity contribution is -0.0972. The van der Waals surface area contributed by atoms with Crippen LogP contribution in [0, 0.1) is 11.3 Å². The van der Waals surface area contributed by atoms with E-state index in [-0.39, 0.29) is 29.4 Å². The minimum atomic E-state index is 0. The first-order chi connectivity index (χ1) is 11.7. The van der Waals surface area contributed by atoms with Crippen LogP contribution in [0.25, 0.3) is 0 Å². The van der Waals surface area contributed by atoms with E-state index in [2.05, 4.69) is 46.4 Å². The third-order valence-corrected chi connectivity index (χ3v) is 4.84. The fraction of sp³-hybridized carbons (Fsp3) is 0.632. The Morgan fingerprint density at radius 3 is 2.76 bits per heavy atom. The second-order valence-corrected chi connectivity index (χ2v) is 7.31. The molecule has 0 aromatic heterocycles. The van der Waals surface area contributed by atoms with Crippen LogP contribution in [-0.4, -0.2) is 57.4 Å². The molecule has 2 fully saturated rings.